The summed E-state index contributed by atoms with van der Waals surface area (Å²) in [6.07, 6.45) is 2.40. The molecule has 4 rings (SSSR count). The quantitative estimate of drug-likeness (QED) is 0.796. The highest BCUT2D eigenvalue weighted by Crippen LogP contribution is 2.44. The molecule has 2 aromatic carbocycles. The van der Waals surface area contributed by atoms with Crippen molar-refractivity contribution in [3.05, 3.63) is 59.2 Å². The third kappa shape index (κ3) is 3.41. The number of benzene rings is 2. The molecule has 1 amide bonds. The van der Waals surface area contributed by atoms with Gasteiger partial charge in [0.05, 0.1) is 12.1 Å². The number of carbonyl (C=O) groups excluding carboxylic acids is 1. The van der Waals surface area contributed by atoms with Gasteiger partial charge in [-0.05, 0) is 53.1 Å². The van der Waals surface area contributed by atoms with Gasteiger partial charge in [-0.25, -0.2) is 0 Å². The van der Waals surface area contributed by atoms with Crippen LogP contribution in [0.4, 0.5) is 5.69 Å². The van der Waals surface area contributed by atoms with Crippen LogP contribution in [0.15, 0.2) is 42.5 Å². The van der Waals surface area contributed by atoms with Gasteiger partial charge in [-0.15, -0.1) is 0 Å². The van der Waals surface area contributed by atoms with Crippen LogP contribution in [0.1, 0.15) is 68.8 Å². The molecule has 2 aromatic rings. The molecule has 0 radical (unpaired) electrons. The van der Waals surface area contributed by atoms with Gasteiger partial charge >= 0.3 is 0 Å². The van der Waals surface area contributed by atoms with E-state index in [2.05, 4.69) is 49.2 Å². The van der Waals surface area contributed by atoms with Crippen molar-refractivity contribution >= 4 is 11.6 Å². The van der Waals surface area contributed by atoms with Crippen molar-refractivity contribution in [3.63, 3.8) is 0 Å². The van der Waals surface area contributed by atoms with Gasteiger partial charge < -0.3 is 15.3 Å². The van der Waals surface area contributed by atoms with Crippen LogP contribution < -0.4 is 5.32 Å². The predicted octanol–water partition coefficient (Wildman–Crippen LogP) is 4.91. The average molecular weight is 364 g/mol. The largest absolute Gasteiger partial charge is 0.508 e. The van der Waals surface area contributed by atoms with Gasteiger partial charge in [0.1, 0.15) is 5.75 Å². The zero-order valence-electron chi connectivity index (χ0n) is 16.3. The molecule has 1 saturated heterocycles. The van der Waals surface area contributed by atoms with Crippen molar-refractivity contribution < 1.29 is 9.90 Å². The van der Waals surface area contributed by atoms with E-state index in [4.69, 9.17) is 0 Å². The van der Waals surface area contributed by atoms with Crippen molar-refractivity contribution in [1.29, 1.82) is 0 Å². The number of likely N-dealkylation sites (tertiary alicyclic amines) is 1. The number of aromatic hydroxyl groups is 1. The highest BCUT2D eigenvalue weighted by atomic mass is 16.3. The number of nitrogens with one attached hydrogen (secondary N) is 1. The predicted molar refractivity (Wildman–Crippen MR) is 108 cm³/mol. The van der Waals surface area contributed by atoms with Gasteiger partial charge in [0.15, 0.2) is 0 Å². The standard InChI is InChI=1S/C23H28N2O2/c1-23(2,3)16-9-10-19-18(13-16)21(25-11-5-8-22(25)27)14-20(24-19)15-6-4-7-17(26)12-15/h4,6-7,9-10,12-13,20-21,24,26H,5,8,11,14H2,1-3H3. The number of phenolic OH excluding ortho intramolecular Hbond substituents is 1. The first-order chi connectivity index (χ1) is 12.8. The molecule has 2 unspecified atom stereocenters. The smallest absolute Gasteiger partial charge is 0.223 e. The fraction of sp³-hybridized carbons (Fsp3) is 0.435. The van der Waals surface area contributed by atoms with E-state index in [0.29, 0.717) is 6.42 Å². The van der Waals surface area contributed by atoms with Gasteiger partial charge in [0, 0.05) is 18.7 Å². The number of carbonyl (C=O) groups is 1. The minimum Gasteiger partial charge on any atom is -0.508 e. The van der Waals surface area contributed by atoms with Gasteiger partial charge in [0.2, 0.25) is 5.91 Å². The van der Waals surface area contributed by atoms with Crippen LogP contribution in [-0.4, -0.2) is 22.5 Å². The molecule has 2 aliphatic heterocycles. The Balaban J connectivity index is 1.77. The van der Waals surface area contributed by atoms with E-state index >= 15 is 0 Å². The second-order valence-electron chi connectivity index (χ2n) is 8.79. The summed E-state index contributed by atoms with van der Waals surface area (Å²) < 4.78 is 0. The monoisotopic (exact) mass is 364 g/mol. The molecule has 4 nitrogen and oxygen atoms in total. The summed E-state index contributed by atoms with van der Waals surface area (Å²) in [5.74, 6) is 0.528. The summed E-state index contributed by atoms with van der Waals surface area (Å²) in [7, 11) is 0. The lowest BCUT2D eigenvalue weighted by Gasteiger charge is -2.39. The number of nitrogens with zero attached hydrogens (tertiary/aromatic N) is 1. The van der Waals surface area contributed by atoms with Crippen molar-refractivity contribution in [2.45, 2.75) is 57.5 Å². The van der Waals surface area contributed by atoms with Crippen molar-refractivity contribution in [2.75, 3.05) is 11.9 Å². The first-order valence-corrected chi connectivity index (χ1v) is 9.82. The zero-order valence-corrected chi connectivity index (χ0v) is 16.3. The second kappa shape index (κ2) is 6.59. The third-order valence-electron chi connectivity index (χ3n) is 5.82. The maximum absolute atomic E-state index is 12.5. The van der Waals surface area contributed by atoms with E-state index in [1.807, 2.05) is 18.2 Å². The van der Waals surface area contributed by atoms with Gasteiger partial charge in [-0.2, -0.15) is 0 Å². The topological polar surface area (TPSA) is 52.6 Å². The van der Waals surface area contributed by atoms with Crippen LogP contribution in [0.25, 0.3) is 0 Å². The van der Waals surface area contributed by atoms with E-state index in [1.54, 1.807) is 6.07 Å². The zero-order chi connectivity index (χ0) is 19.2. The number of hydrogen-bond acceptors (Lipinski definition) is 3. The summed E-state index contributed by atoms with van der Waals surface area (Å²) in [5.41, 5.74) is 4.71. The molecule has 2 N–H and O–H groups in total. The third-order valence-corrected chi connectivity index (χ3v) is 5.82. The Hall–Kier alpha value is -2.49. The maximum Gasteiger partial charge on any atom is 0.223 e. The van der Waals surface area contributed by atoms with Crippen LogP contribution in [0.2, 0.25) is 0 Å². The first kappa shape index (κ1) is 17.9. The number of rotatable bonds is 2. The molecule has 27 heavy (non-hydrogen) atoms. The van der Waals surface area contributed by atoms with Crippen molar-refractivity contribution in [1.82, 2.24) is 4.90 Å². The Bertz CT molecular complexity index is 869. The molecule has 142 valence electrons. The summed E-state index contributed by atoms with van der Waals surface area (Å²) in [5, 5.41) is 13.5. The first-order valence-electron chi connectivity index (χ1n) is 9.82. The van der Waals surface area contributed by atoms with Crippen LogP contribution in [0, 0.1) is 0 Å². The Morgan fingerprint density at radius 3 is 2.63 bits per heavy atom. The molecule has 2 heterocycles. The minimum absolute atomic E-state index is 0.0661. The Kier molecular flexibility index (Phi) is 4.37. The average Bonchev–Trinajstić information content (AvgIpc) is 3.05. The molecule has 4 heteroatoms. The Morgan fingerprint density at radius 1 is 1.15 bits per heavy atom. The lowest BCUT2D eigenvalue weighted by Crippen LogP contribution is -2.35. The van der Waals surface area contributed by atoms with E-state index in [0.717, 1.165) is 30.6 Å². The Morgan fingerprint density at radius 2 is 1.96 bits per heavy atom. The highest BCUT2D eigenvalue weighted by molar-refractivity contribution is 5.79. The lowest BCUT2D eigenvalue weighted by molar-refractivity contribution is -0.130. The van der Waals surface area contributed by atoms with Crippen LogP contribution in [-0.2, 0) is 10.2 Å². The van der Waals surface area contributed by atoms with Gasteiger partial charge in [0.25, 0.3) is 0 Å². The molecule has 2 atom stereocenters. The molecule has 0 saturated carbocycles. The van der Waals surface area contributed by atoms with Crippen LogP contribution in [0.3, 0.4) is 0 Å². The molecule has 0 spiro atoms. The number of fused-ring (bicyclic) bond motifs is 1. The van der Waals surface area contributed by atoms with E-state index in [9.17, 15) is 9.90 Å². The van der Waals surface area contributed by atoms with E-state index < -0.39 is 0 Å². The van der Waals surface area contributed by atoms with E-state index in [1.165, 1.54) is 11.1 Å². The number of phenols is 1. The Labute approximate surface area is 161 Å². The molecule has 2 aliphatic rings. The lowest BCUT2D eigenvalue weighted by atomic mass is 9.82. The van der Waals surface area contributed by atoms with Gasteiger partial charge in [-0.3, -0.25) is 4.79 Å². The maximum atomic E-state index is 12.5. The SMILES string of the molecule is CC(C)(C)c1ccc2c(c1)C(N1CCCC1=O)CC(c1cccc(O)c1)N2. The van der Waals surface area contributed by atoms with Crippen molar-refractivity contribution in [3.8, 4) is 5.75 Å². The molecule has 1 fully saturated rings. The molecule has 0 aliphatic carbocycles. The van der Waals surface area contributed by atoms with Crippen LogP contribution in [0.5, 0.6) is 5.75 Å². The fourth-order valence-electron chi connectivity index (χ4n) is 4.29. The fourth-order valence-corrected chi connectivity index (χ4v) is 4.29. The molecular weight excluding hydrogens is 336 g/mol. The van der Waals surface area contributed by atoms with Gasteiger partial charge in [-0.1, -0.05) is 45.0 Å². The molecule has 0 bridgehead atoms. The number of anilines is 1. The van der Waals surface area contributed by atoms with Crippen molar-refractivity contribution in [2.24, 2.45) is 0 Å². The summed E-state index contributed by atoms with van der Waals surface area (Å²) in [6, 6.07) is 14.2. The highest BCUT2D eigenvalue weighted by Gasteiger charge is 2.36. The summed E-state index contributed by atoms with van der Waals surface area (Å²) in [6.45, 7) is 7.49. The van der Waals surface area contributed by atoms with Crippen LogP contribution >= 0.6 is 0 Å². The minimum atomic E-state index is 0.0661. The summed E-state index contributed by atoms with van der Waals surface area (Å²) >= 11 is 0. The van der Waals surface area contributed by atoms with E-state index in [-0.39, 0.29) is 29.2 Å². The number of hydrogen-bond donors (Lipinski definition) is 2. The molecule has 0 aromatic heterocycles. The number of amides is 1. The second-order valence-corrected chi connectivity index (χ2v) is 8.79. The normalized spacial score (nSPS) is 22.5. The summed E-state index contributed by atoms with van der Waals surface area (Å²) in [4.78, 5) is 14.6. The molecular formula is C23H28N2O2.